The van der Waals surface area contributed by atoms with Crippen molar-refractivity contribution in [2.24, 2.45) is 0 Å². The van der Waals surface area contributed by atoms with Crippen LogP contribution in [0.1, 0.15) is 19.0 Å². The number of nitrogen functional groups attached to an aromatic ring is 1. The lowest BCUT2D eigenvalue weighted by molar-refractivity contribution is -0.384. The molecule has 0 amide bonds. The van der Waals surface area contributed by atoms with Crippen LogP contribution in [0.3, 0.4) is 0 Å². The predicted octanol–water partition coefficient (Wildman–Crippen LogP) is 1.88. The van der Waals surface area contributed by atoms with Gasteiger partial charge in [-0.25, -0.2) is 4.79 Å². The second kappa shape index (κ2) is 5.52. The van der Waals surface area contributed by atoms with E-state index in [1.165, 1.54) is 12.1 Å². The Kier molecular flexibility index (Phi) is 3.79. The molecule has 1 heterocycles. The van der Waals surface area contributed by atoms with E-state index in [1.54, 1.807) is 12.1 Å². The molecule has 104 valence electrons. The van der Waals surface area contributed by atoms with Gasteiger partial charge in [-0.05, 0) is 24.1 Å². The zero-order chi connectivity index (χ0) is 14.7. The average Bonchev–Trinajstić information content (AvgIpc) is 2.38. The molecule has 7 nitrogen and oxygen atoms in total. The summed E-state index contributed by atoms with van der Waals surface area (Å²) in [5.41, 5.74) is 7.34. The average molecular weight is 274 g/mol. The fourth-order valence-electron chi connectivity index (χ4n) is 2.05. The number of anilines is 1. The molecular weight excluding hydrogens is 260 g/mol. The number of rotatable bonds is 4. The molecule has 20 heavy (non-hydrogen) atoms. The number of nitrogens with one attached hydrogen (secondary N) is 1. The van der Waals surface area contributed by atoms with Crippen LogP contribution >= 0.6 is 0 Å². The topological polar surface area (TPSA) is 115 Å². The lowest BCUT2D eigenvalue weighted by Crippen LogP contribution is -2.17. The highest BCUT2D eigenvalue weighted by Gasteiger charge is 2.13. The van der Waals surface area contributed by atoms with Crippen molar-refractivity contribution in [1.82, 2.24) is 9.97 Å². The molecule has 0 saturated heterocycles. The summed E-state index contributed by atoms with van der Waals surface area (Å²) in [6.07, 6.45) is 1.48. The summed E-state index contributed by atoms with van der Waals surface area (Å²) in [7, 11) is 0. The first kappa shape index (κ1) is 13.7. The van der Waals surface area contributed by atoms with Gasteiger partial charge >= 0.3 is 5.69 Å². The van der Waals surface area contributed by atoms with E-state index in [1.807, 2.05) is 6.92 Å². The van der Waals surface area contributed by atoms with Crippen LogP contribution in [0.2, 0.25) is 0 Å². The van der Waals surface area contributed by atoms with E-state index in [9.17, 15) is 14.9 Å². The summed E-state index contributed by atoms with van der Waals surface area (Å²) in [5, 5.41) is 10.7. The Morgan fingerprint density at radius 1 is 1.35 bits per heavy atom. The van der Waals surface area contributed by atoms with Crippen molar-refractivity contribution >= 4 is 11.5 Å². The van der Waals surface area contributed by atoms with E-state index in [-0.39, 0.29) is 11.5 Å². The van der Waals surface area contributed by atoms with Gasteiger partial charge in [-0.2, -0.15) is 4.98 Å². The molecule has 0 aliphatic heterocycles. The van der Waals surface area contributed by atoms with Gasteiger partial charge in [0.05, 0.1) is 4.92 Å². The first-order chi connectivity index (χ1) is 9.52. The van der Waals surface area contributed by atoms with Crippen LogP contribution in [-0.2, 0) is 6.42 Å². The number of nitrogens with two attached hydrogens (primary N) is 1. The molecule has 3 N–H and O–H groups in total. The van der Waals surface area contributed by atoms with Crippen LogP contribution < -0.4 is 11.4 Å². The highest BCUT2D eigenvalue weighted by molar-refractivity contribution is 5.76. The van der Waals surface area contributed by atoms with Gasteiger partial charge in [-0.1, -0.05) is 13.3 Å². The normalized spacial score (nSPS) is 10.4. The molecule has 7 heteroatoms. The SMILES string of the molecule is CCCc1[nH]c(=O)nc(N)c1-c1ccc([N+](=O)[O-])cc1. The number of H-pyrrole nitrogens is 1. The molecule has 0 radical (unpaired) electrons. The van der Waals surface area contributed by atoms with E-state index in [0.29, 0.717) is 23.2 Å². The predicted molar refractivity (Wildman–Crippen MR) is 75.4 cm³/mol. The number of benzene rings is 1. The van der Waals surface area contributed by atoms with Gasteiger partial charge in [0.15, 0.2) is 0 Å². The number of hydrogen-bond acceptors (Lipinski definition) is 5. The number of aromatic amines is 1. The van der Waals surface area contributed by atoms with Gasteiger partial charge in [-0.3, -0.25) is 10.1 Å². The maximum absolute atomic E-state index is 11.4. The molecule has 2 aromatic rings. The number of non-ortho nitro benzene ring substituents is 1. The molecule has 0 aliphatic rings. The maximum atomic E-state index is 11.4. The monoisotopic (exact) mass is 274 g/mol. The first-order valence-electron chi connectivity index (χ1n) is 6.16. The van der Waals surface area contributed by atoms with Gasteiger partial charge in [0, 0.05) is 23.4 Å². The zero-order valence-electron chi connectivity index (χ0n) is 10.9. The summed E-state index contributed by atoms with van der Waals surface area (Å²) in [6, 6.07) is 6.00. The number of nitrogens with zero attached hydrogens (tertiary/aromatic N) is 2. The van der Waals surface area contributed by atoms with Crippen LogP contribution in [0.5, 0.6) is 0 Å². The quantitative estimate of drug-likeness (QED) is 0.652. The lowest BCUT2D eigenvalue weighted by Gasteiger charge is -2.10. The van der Waals surface area contributed by atoms with Gasteiger partial charge in [0.25, 0.3) is 5.69 Å². The Labute approximate surface area is 114 Å². The van der Waals surface area contributed by atoms with Gasteiger partial charge in [0.1, 0.15) is 5.82 Å². The Balaban J connectivity index is 2.56. The van der Waals surface area contributed by atoms with Crippen molar-refractivity contribution < 1.29 is 4.92 Å². The molecule has 1 aromatic carbocycles. The van der Waals surface area contributed by atoms with Crippen molar-refractivity contribution in [1.29, 1.82) is 0 Å². The van der Waals surface area contributed by atoms with Crippen LogP contribution in [0, 0.1) is 10.1 Å². The van der Waals surface area contributed by atoms with Gasteiger partial charge in [-0.15, -0.1) is 0 Å². The van der Waals surface area contributed by atoms with Crippen molar-refractivity contribution in [2.75, 3.05) is 5.73 Å². The molecule has 1 aromatic heterocycles. The molecule has 2 rings (SSSR count). The standard InChI is InChI=1S/C13H14N4O3/c1-2-3-10-11(12(14)16-13(18)15-10)8-4-6-9(7-5-8)17(19)20/h4-7H,2-3H2,1H3,(H3,14,15,16,18). The molecule has 0 bridgehead atoms. The van der Waals surface area contributed by atoms with Crippen molar-refractivity contribution in [3.63, 3.8) is 0 Å². The van der Waals surface area contributed by atoms with E-state index < -0.39 is 10.6 Å². The van der Waals surface area contributed by atoms with Crippen LogP contribution in [0.25, 0.3) is 11.1 Å². The van der Waals surface area contributed by atoms with Crippen LogP contribution in [-0.4, -0.2) is 14.9 Å². The minimum Gasteiger partial charge on any atom is -0.383 e. The van der Waals surface area contributed by atoms with E-state index in [2.05, 4.69) is 9.97 Å². The summed E-state index contributed by atoms with van der Waals surface area (Å²) < 4.78 is 0. The third-order valence-electron chi connectivity index (χ3n) is 2.90. The van der Waals surface area contributed by atoms with E-state index >= 15 is 0 Å². The summed E-state index contributed by atoms with van der Waals surface area (Å²) >= 11 is 0. The largest absolute Gasteiger partial charge is 0.383 e. The van der Waals surface area contributed by atoms with E-state index in [4.69, 9.17) is 5.73 Å². The van der Waals surface area contributed by atoms with Crippen molar-refractivity contribution in [3.05, 3.63) is 50.6 Å². The second-order valence-electron chi connectivity index (χ2n) is 4.33. The number of nitro benzene ring substituents is 1. The second-order valence-corrected chi connectivity index (χ2v) is 4.33. The first-order valence-corrected chi connectivity index (χ1v) is 6.16. The fraction of sp³-hybridized carbons (Fsp3) is 0.231. The summed E-state index contributed by atoms with van der Waals surface area (Å²) in [5.74, 6) is 0.131. The molecular formula is C13H14N4O3. The Morgan fingerprint density at radius 2 is 2.00 bits per heavy atom. The molecule has 0 saturated carbocycles. The number of aromatic nitrogens is 2. The van der Waals surface area contributed by atoms with Crippen molar-refractivity contribution in [3.8, 4) is 11.1 Å². The van der Waals surface area contributed by atoms with Crippen molar-refractivity contribution in [2.45, 2.75) is 19.8 Å². The maximum Gasteiger partial charge on any atom is 0.347 e. The summed E-state index contributed by atoms with van der Waals surface area (Å²) in [6.45, 7) is 1.98. The van der Waals surface area contributed by atoms with E-state index in [0.717, 1.165) is 6.42 Å². The molecule has 0 spiro atoms. The minimum atomic E-state index is -0.489. The smallest absolute Gasteiger partial charge is 0.347 e. The lowest BCUT2D eigenvalue weighted by atomic mass is 10.0. The van der Waals surface area contributed by atoms with Gasteiger partial charge < -0.3 is 10.7 Å². The number of nitro groups is 1. The Hall–Kier alpha value is -2.70. The minimum absolute atomic E-state index is 0.00162. The zero-order valence-corrected chi connectivity index (χ0v) is 10.9. The van der Waals surface area contributed by atoms with Crippen LogP contribution in [0.15, 0.2) is 29.1 Å². The van der Waals surface area contributed by atoms with Crippen LogP contribution in [0.4, 0.5) is 11.5 Å². The third kappa shape index (κ3) is 2.66. The van der Waals surface area contributed by atoms with Gasteiger partial charge in [0.2, 0.25) is 0 Å². The number of hydrogen-bond donors (Lipinski definition) is 2. The molecule has 0 fully saturated rings. The molecule has 0 atom stereocenters. The highest BCUT2D eigenvalue weighted by Crippen LogP contribution is 2.28. The third-order valence-corrected chi connectivity index (χ3v) is 2.90. The highest BCUT2D eigenvalue weighted by atomic mass is 16.6. The molecule has 0 unspecified atom stereocenters. The fourth-order valence-corrected chi connectivity index (χ4v) is 2.05. The Bertz CT molecular complexity index is 692. The number of aryl methyl sites for hydroxylation is 1. The molecule has 0 aliphatic carbocycles. The Morgan fingerprint density at radius 3 is 2.55 bits per heavy atom. The summed E-state index contributed by atoms with van der Waals surface area (Å²) in [4.78, 5) is 27.9.